The molecule has 0 aliphatic heterocycles. The van der Waals surface area contributed by atoms with Gasteiger partial charge in [-0.25, -0.2) is 0 Å². The largest absolute Gasteiger partial charge is 0.363 e. The van der Waals surface area contributed by atoms with Crippen LogP contribution < -0.4 is 4.90 Å². The summed E-state index contributed by atoms with van der Waals surface area (Å²) in [5.41, 5.74) is 8.59. The Bertz CT molecular complexity index is 959. The molecule has 33 heavy (non-hydrogen) atoms. The quantitative estimate of drug-likeness (QED) is 0.382. The maximum Gasteiger partial charge on any atom is 0.0433 e. The van der Waals surface area contributed by atoms with Gasteiger partial charge in [0.1, 0.15) is 0 Å². The first-order chi connectivity index (χ1) is 15.2. The fourth-order valence-corrected chi connectivity index (χ4v) is 4.07. The molecule has 0 aliphatic rings. The molecule has 0 N–H and O–H groups in total. The minimum absolute atomic E-state index is 0.162. The molecular weight excluding hydrogens is 398 g/mol. The SMILES string of the molecule is CC(C)(C)c1ccc(CN(Cc2ccc(C(C)(C)C)cc2)c2ccc(C(C)(C)C)cc2)cc1. The molecule has 0 heterocycles. The van der Waals surface area contributed by atoms with Gasteiger partial charge >= 0.3 is 0 Å². The molecule has 3 aromatic carbocycles. The van der Waals surface area contributed by atoms with E-state index in [1.165, 1.54) is 33.5 Å². The first-order valence-corrected chi connectivity index (χ1v) is 12.3. The van der Waals surface area contributed by atoms with Crippen LogP contribution in [0, 0.1) is 0 Å². The van der Waals surface area contributed by atoms with Crippen LogP contribution in [0.2, 0.25) is 0 Å². The summed E-state index contributed by atoms with van der Waals surface area (Å²) in [5, 5.41) is 0. The van der Waals surface area contributed by atoms with Gasteiger partial charge in [0.15, 0.2) is 0 Å². The summed E-state index contributed by atoms with van der Waals surface area (Å²) in [6, 6.07) is 27.5. The minimum atomic E-state index is 0.162. The summed E-state index contributed by atoms with van der Waals surface area (Å²) >= 11 is 0. The Kier molecular flexibility index (Phi) is 7.13. The van der Waals surface area contributed by atoms with Crippen LogP contribution in [0.1, 0.15) is 90.1 Å². The molecule has 0 fully saturated rings. The van der Waals surface area contributed by atoms with Crippen molar-refractivity contribution < 1.29 is 0 Å². The maximum atomic E-state index is 2.49. The molecule has 0 spiro atoms. The minimum Gasteiger partial charge on any atom is -0.363 e. The molecule has 3 aromatic rings. The van der Waals surface area contributed by atoms with Crippen LogP contribution >= 0.6 is 0 Å². The van der Waals surface area contributed by atoms with Crippen molar-refractivity contribution in [3.05, 3.63) is 101 Å². The summed E-state index contributed by atoms with van der Waals surface area (Å²) in [4.78, 5) is 2.49. The van der Waals surface area contributed by atoms with Gasteiger partial charge in [-0.15, -0.1) is 0 Å². The predicted octanol–water partition coefficient (Wildman–Crippen LogP) is 8.79. The number of hydrogen-bond acceptors (Lipinski definition) is 1. The van der Waals surface area contributed by atoms with E-state index >= 15 is 0 Å². The third kappa shape index (κ3) is 6.73. The van der Waals surface area contributed by atoms with Gasteiger partial charge in [0.25, 0.3) is 0 Å². The molecule has 0 atom stereocenters. The highest BCUT2D eigenvalue weighted by Crippen LogP contribution is 2.28. The lowest BCUT2D eigenvalue weighted by molar-refractivity contribution is 0.589. The lowest BCUT2D eigenvalue weighted by Crippen LogP contribution is -2.23. The van der Waals surface area contributed by atoms with Gasteiger partial charge in [-0.1, -0.05) is 123 Å². The maximum absolute atomic E-state index is 2.49. The second-order valence-corrected chi connectivity index (χ2v) is 12.5. The second kappa shape index (κ2) is 9.37. The van der Waals surface area contributed by atoms with Crippen LogP contribution in [0.25, 0.3) is 0 Å². The average molecular weight is 442 g/mol. The van der Waals surface area contributed by atoms with Crippen molar-refractivity contribution in [3.63, 3.8) is 0 Å². The van der Waals surface area contributed by atoms with Gasteiger partial charge in [-0.2, -0.15) is 0 Å². The Morgan fingerprint density at radius 2 is 0.697 bits per heavy atom. The molecule has 0 aromatic heterocycles. The molecular formula is C32H43N. The number of anilines is 1. The number of rotatable bonds is 5. The Labute approximate surface area is 202 Å². The number of hydrogen-bond donors (Lipinski definition) is 0. The molecule has 176 valence electrons. The molecule has 0 unspecified atom stereocenters. The highest BCUT2D eigenvalue weighted by atomic mass is 15.1. The molecule has 1 nitrogen and oxygen atoms in total. The van der Waals surface area contributed by atoms with E-state index in [0.29, 0.717) is 0 Å². The molecule has 0 aliphatic carbocycles. The van der Waals surface area contributed by atoms with Crippen molar-refractivity contribution in [1.82, 2.24) is 0 Å². The summed E-state index contributed by atoms with van der Waals surface area (Å²) in [6.45, 7) is 22.2. The van der Waals surface area contributed by atoms with Gasteiger partial charge in [0.05, 0.1) is 0 Å². The zero-order chi connectivity index (χ0) is 24.4. The van der Waals surface area contributed by atoms with Crippen molar-refractivity contribution in [2.24, 2.45) is 0 Å². The topological polar surface area (TPSA) is 3.24 Å². The highest BCUT2D eigenvalue weighted by Gasteiger charge is 2.17. The van der Waals surface area contributed by atoms with Crippen molar-refractivity contribution in [1.29, 1.82) is 0 Å². The van der Waals surface area contributed by atoms with Gasteiger partial charge < -0.3 is 4.90 Å². The predicted molar refractivity (Wildman–Crippen MR) is 145 cm³/mol. The monoisotopic (exact) mass is 441 g/mol. The van der Waals surface area contributed by atoms with Crippen molar-refractivity contribution in [2.75, 3.05) is 4.90 Å². The summed E-state index contributed by atoms with van der Waals surface area (Å²) in [5.74, 6) is 0. The van der Waals surface area contributed by atoms with Crippen LogP contribution in [-0.4, -0.2) is 0 Å². The summed E-state index contributed by atoms with van der Waals surface area (Å²) in [6.07, 6.45) is 0. The van der Waals surface area contributed by atoms with Crippen molar-refractivity contribution in [3.8, 4) is 0 Å². The lowest BCUT2D eigenvalue weighted by Gasteiger charge is -2.28. The number of benzene rings is 3. The van der Waals surface area contributed by atoms with Crippen LogP contribution in [0.4, 0.5) is 5.69 Å². The van der Waals surface area contributed by atoms with Crippen LogP contribution in [0.15, 0.2) is 72.8 Å². The van der Waals surface area contributed by atoms with E-state index in [4.69, 9.17) is 0 Å². The van der Waals surface area contributed by atoms with Gasteiger partial charge in [0, 0.05) is 18.8 Å². The van der Waals surface area contributed by atoms with E-state index in [-0.39, 0.29) is 16.2 Å². The molecule has 0 amide bonds. The van der Waals surface area contributed by atoms with Crippen molar-refractivity contribution in [2.45, 2.75) is 91.6 Å². The normalized spacial score (nSPS) is 12.6. The van der Waals surface area contributed by atoms with Gasteiger partial charge in [-0.3, -0.25) is 0 Å². The summed E-state index contributed by atoms with van der Waals surface area (Å²) < 4.78 is 0. The molecule has 0 bridgehead atoms. The third-order valence-electron chi connectivity index (χ3n) is 6.49. The zero-order valence-electron chi connectivity index (χ0n) is 22.3. The highest BCUT2D eigenvalue weighted by molar-refractivity contribution is 5.50. The first kappa shape index (κ1) is 25.1. The Hall–Kier alpha value is -2.54. The smallest absolute Gasteiger partial charge is 0.0433 e. The second-order valence-electron chi connectivity index (χ2n) is 12.5. The molecule has 1 heteroatoms. The standard InChI is InChI=1S/C32H43N/c1-30(2,3)26-14-10-24(11-15-26)22-33(29-20-18-28(19-21-29)32(7,8)9)23-25-12-16-27(17-13-25)31(4,5)6/h10-21H,22-23H2,1-9H3. The first-order valence-electron chi connectivity index (χ1n) is 12.3. The fraction of sp³-hybridized carbons (Fsp3) is 0.438. The Morgan fingerprint density at radius 1 is 0.424 bits per heavy atom. The van der Waals surface area contributed by atoms with E-state index in [1.54, 1.807) is 0 Å². The van der Waals surface area contributed by atoms with Crippen molar-refractivity contribution >= 4 is 5.69 Å². The molecule has 3 rings (SSSR count). The van der Waals surface area contributed by atoms with Crippen LogP contribution in [0.3, 0.4) is 0 Å². The van der Waals surface area contributed by atoms with E-state index in [0.717, 1.165) is 13.1 Å². The van der Waals surface area contributed by atoms with E-state index in [9.17, 15) is 0 Å². The average Bonchev–Trinajstić information content (AvgIpc) is 2.72. The van der Waals surface area contributed by atoms with E-state index < -0.39 is 0 Å². The zero-order valence-corrected chi connectivity index (χ0v) is 22.3. The van der Waals surface area contributed by atoms with Gasteiger partial charge in [0.2, 0.25) is 0 Å². The molecule has 0 saturated heterocycles. The summed E-state index contributed by atoms with van der Waals surface area (Å²) in [7, 11) is 0. The van der Waals surface area contributed by atoms with Crippen LogP contribution in [0.5, 0.6) is 0 Å². The molecule has 0 saturated carbocycles. The van der Waals surface area contributed by atoms with E-state index in [2.05, 4.69) is 140 Å². The third-order valence-corrected chi connectivity index (χ3v) is 6.49. The Balaban J connectivity index is 1.89. The lowest BCUT2D eigenvalue weighted by atomic mass is 9.86. The molecule has 0 radical (unpaired) electrons. The van der Waals surface area contributed by atoms with E-state index in [1.807, 2.05) is 0 Å². The fourth-order valence-electron chi connectivity index (χ4n) is 4.07. The Morgan fingerprint density at radius 3 is 0.970 bits per heavy atom. The number of nitrogens with zero attached hydrogens (tertiary/aromatic N) is 1. The van der Waals surface area contributed by atoms with Crippen LogP contribution in [-0.2, 0) is 29.3 Å². The van der Waals surface area contributed by atoms with Gasteiger partial charge in [-0.05, 0) is 56.2 Å².